The van der Waals surface area contributed by atoms with Crippen molar-refractivity contribution < 1.29 is 24.2 Å². The van der Waals surface area contributed by atoms with Gasteiger partial charge in [0.05, 0.1) is 6.42 Å². The number of carbonyl (C=O) groups excluding carboxylic acids is 2. The SMILES string of the molecule is NCCC[C@H](N)C(=O)OC(=O)[C@@H](N)CC(=O)O. The van der Waals surface area contributed by atoms with E-state index in [9.17, 15) is 14.4 Å². The molecule has 0 amide bonds. The Morgan fingerprint density at radius 2 is 1.65 bits per heavy atom. The third-order valence-corrected chi connectivity index (χ3v) is 1.92. The number of nitrogens with two attached hydrogens (primary N) is 3. The Kier molecular flexibility index (Phi) is 7.03. The predicted octanol–water partition coefficient (Wildman–Crippen LogP) is -2.08. The van der Waals surface area contributed by atoms with Crippen molar-refractivity contribution in [3.63, 3.8) is 0 Å². The van der Waals surface area contributed by atoms with Crippen LogP contribution in [0.3, 0.4) is 0 Å². The van der Waals surface area contributed by atoms with Gasteiger partial charge in [0.15, 0.2) is 0 Å². The maximum atomic E-state index is 11.2. The van der Waals surface area contributed by atoms with Gasteiger partial charge in [0.1, 0.15) is 12.1 Å². The molecule has 0 fully saturated rings. The van der Waals surface area contributed by atoms with Gasteiger partial charge in [-0.05, 0) is 19.4 Å². The largest absolute Gasteiger partial charge is 0.481 e. The molecule has 0 aromatic heterocycles. The molecule has 0 aromatic carbocycles. The number of hydrogen-bond acceptors (Lipinski definition) is 7. The smallest absolute Gasteiger partial charge is 0.331 e. The second-order valence-electron chi connectivity index (χ2n) is 3.48. The van der Waals surface area contributed by atoms with E-state index in [1.807, 2.05) is 0 Å². The lowest BCUT2D eigenvalue weighted by Gasteiger charge is -2.11. The summed E-state index contributed by atoms with van der Waals surface area (Å²) in [6.45, 7) is 0.369. The van der Waals surface area contributed by atoms with Crippen LogP contribution in [0.5, 0.6) is 0 Å². The van der Waals surface area contributed by atoms with Crippen molar-refractivity contribution in [3.05, 3.63) is 0 Å². The molecule has 17 heavy (non-hydrogen) atoms. The van der Waals surface area contributed by atoms with Gasteiger partial charge in [-0.15, -0.1) is 0 Å². The maximum absolute atomic E-state index is 11.2. The quantitative estimate of drug-likeness (QED) is 0.295. The lowest BCUT2D eigenvalue weighted by molar-refractivity contribution is -0.163. The molecule has 7 N–H and O–H groups in total. The van der Waals surface area contributed by atoms with Gasteiger partial charge in [0.25, 0.3) is 0 Å². The number of carboxylic acid groups (broad SMARTS) is 1. The third kappa shape index (κ3) is 6.61. The number of hydrogen-bond donors (Lipinski definition) is 4. The number of carboxylic acids is 1. The summed E-state index contributed by atoms with van der Waals surface area (Å²) in [5.74, 6) is -3.28. The molecule has 0 rings (SSSR count). The second-order valence-corrected chi connectivity index (χ2v) is 3.48. The summed E-state index contributed by atoms with van der Waals surface area (Å²) in [5, 5.41) is 8.38. The van der Waals surface area contributed by atoms with Crippen molar-refractivity contribution in [2.75, 3.05) is 6.54 Å². The number of rotatable bonds is 7. The van der Waals surface area contributed by atoms with Gasteiger partial charge < -0.3 is 27.0 Å². The minimum atomic E-state index is -1.38. The summed E-state index contributed by atoms with van der Waals surface area (Å²) in [5.41, 5.74) is 15.8. The molecule has 98 valence electrons. The van der Waals surface area contributed by atoms with Crippen LogP contribution in [0.15, 0.2) is 0 Å². The van der Waals surface area contributed by atoms with Crippen LogP contribution in [-0.4, -0.2) is 41.6 Å². The third-order valence-electron chi connectivity index (χ3n) is 1.92. The van der Waals surface area contributed by atoms with E-state index in [1.54, 1.807) is 0 Å². The Morgan fingerprint density at radius 1 is 1.12 bits per heavy atom. The number of aliphatic carboxylic acids is 1. The molecule has 0 radical (unpaired) electrons. The molecule has 0 aliphatic heterocycles. The van der Waals surface area contributed by atoms with E-state index in [0.29, 0.717) is 13.0 Å². The minimum absolute atomic E-state index is 0.288. The van der Waals surface area contributed by atoms with Crippen molar-refractivity contribution in [2.24, 2.45) is 17.2 Å². The predicted molar refractivity (Wildman–Crippen MR) is 57.6 cm³/mol. The number of carbonyl (C=O) groups is 3. The number of ether oxygens (including phenoxy) is 1. The lowest BCUT2D eigenvalue weighted by Crippen LogP contribution is -2.40. The van der Waals surface area contributed by atoms with Gasteiger partial charge in [0, 0.05) is 0 Å². The first-order valence-corrected chi connectivity index (χ1v) is 5.07. The fourth-order valence-electron chi connectivity index (χ4n) is 0.978. The average Bonchev–Trinajstić information content (AvgIpc) is 2.24. The lowest BCUT2D eigenvalue weighted by atomic mass is 10.1. The Hall–Kier alpha value is -1.51. The van der Waals surface area contributed by atoms with Gasteiger partial charge in [-0.3, -0.25) is 4.79 Å². The summed E-state index contributed by atoms with van der Waals surface area (Å²) in [7, 11) is 0. The van der Waals surface area contributed by atoms with Crippen LogP contribution < -0.4 is 17.2 Å². The first-order valence-electron chi connectivity index (χ1n) is 5.07. The van der Waals surface area contributed by atoms with E-state index in [0.717, 1.165) is 0 Å². The van der Waals surface area contributed by atoms with Crippen LogP contribution in [0.25, 0.3) is 0 Å². The monoisotopic (exact) mass is 247 g/mol. The van der Waals surface area contributed by atoms with Crippen molar-refractivity contribution in [2.45, 2.75) is 31.3 Å². The Labute approximate surface area is 98.1 Å². The molecule has 0 heterocycles. The zero-order valence-electron chi connectivity index (χ0n) is 9.30. The van der Waals surface area contributed by atoms with Gasteiger partial charge in [-0.1, -0.05) is 0 Å². The van der Waals surface area contributed by atoms with Crippen LogP contribution in [0.4, 0.5) is 0 Å². The molecule has 0 aromatic rings. The average molecular weight is 247 g/mol. The zero-order valence-corrected chi connectivity index (χ0v) is 9.30. The molecule has 0 aliphatic rings. The van der Waals surface area contributed by atoms with E-state index in [4.69, 9.17) is 22.3 Å². The van der Waals surface area contributed by atoms with E-state index in [2.05, 4.69) is 4.74 Å². The molecule has 8 nitrogen and oxygen atoms in total. The molecular weight excluding hydrogens is 230 g/mol. The second kappa shape index (κ2) is 7.71. The highest BCUT2D eigenvalue weighted by atomic mass is 16.6. The summed E-state index contributed by atoms with van der Waals surface area (Å²) >= 11 is 0. The molecule has 2 atom stereocenters. The first kappa shape index (κ1) is 15.5. The Balaban J connectivity index is 4.10. The van der Waals surface area contributed by atoms with Crippen molar-refractivity contribution in [1.82, 2.24) is 0 Å². The highest BCUT2D eigenvalue weighted by Crippen LogP contribution is 1.99. The van der Waals surface area contributed by atoms with Gasteiger partial charge in [-0.2, -0.15) is 0 Å². The van der Waals surface area contributed by atoms with E-state index in [-0.39, 0.29) is 6.42 Å². The van der Waals surface area contributed by atoms with Crippen LogP contribution in [-0.2, 0) is 19.1 Å². The van der Waals surface area contributed by atoms with E-state index >= 15 is 0 Å². The standard InChI is InChI=1S/C9H17N3O5/c10-3-1-2-5(11)8(15)17-9(16)6(12)4-7(13)14/h5-6H,1-4,10-12H2,(H,13,14)/t5-,6-/m0/s1. The van der Waals surface area contributed by atoms with E-state index in [1.165, 1.54) is 0 Å². The van der Waals surface area contributed by atoms with Crippen molar-refractivity contribution in [3.8, 4) is 0 Å². The first-order chi connectivity index (χ1) is 7.88. The van der Waals surface area contributed by atoms with Crippen LogP contribution in [0.2, 0.25) is 0 Å². The molecule has 0 saturated carbocycles. The van der Waals surface area contributed by atoms with Gasteiger partial charge >= 0.3 is 17.9 Å². The van der Waals surface area contributed by atoms with Crippen LogP contribution >= 0.6 is 0 Å². The fourth-order valence-corrected chi connectivity index (χ4v) is 0.978. The van der Waals surface area contributed by atoms with Gasteiger partial charge in [0.2, 0.25) is 0 Å². The summed E-state index contributed by atoms with van der Waals surface area (Å²) in [4.78, 5) is 32.7. The summed E-state index contributed by atoms with van der Waals surface area (Å²) in [6, 6.07) is -2.34. The van der Waals surface area contributed by atoms with E-state index < -0.39 is 36.4 Å². The van der Waals surface area contributed by atoms with Gasteiger partial charge in [-0.25, -0.2) is 9.59 Å². The summed E-state index contributed by atoms with van der Waals surface area (Å²) in [6.07, 6.45) is 0.201. The fraction of sp³-hybridized carbons (Fsp3) is 0.667. The summed E-state index contributed by atoms with van der Waals surface area (Å²) < 4.78 is 4.34. The molecule has 0 unspecified atom stereocenters. The van der Waals surface area contributed by atoms with Crippen LogP contribution in [0.1, 0.15) is 19.3 Å². The number of esters is 2. The topological polar surface area (TPSA) is 159 Å². The zero-order chi connectivity index (χ0) is 13.4. The molecule has 0 bridgehead atoms. The van der Waals surface area contributed by atoms with Crippen molar-refractivity contribution >= 4 is 17.9 Å². The molecule has 0 aliphatic carbocycles. The normalized spacial score (nSPS) is 13.8. The Bertz CT molecular complexity index is 294. The minimum Gasteiger partial charge on any atom is -0.481 e. The molecule has 0 saturated heterocycles. The highest BCUT2D eigenvalue weighted by Gasteiger charge is 2.24. The molecule has 8 heteroatoms. The highest BCUT2D eigenvalue weighted by molar-refractivity contribution is 5.92. The Morgan fingerprint density at radius 3 is 2.12 bits per heavy atom. The van der Waals surface area contributed by atoms with Crippen LogP contribution in [0, 0.1) is 0 Å². The maximum Gasteiger partial charge on any atom is 0.331 e. The van der Waals surface area contributed by atoms with Crippen molar-refractivity contribution in [1.29, 1.82) is 0 Å². The molecular formula is C9H17N3O5. The molecule has 0 spiro atoms.